The zero-order valence-electron chi connectivity index (χ0n) is 11.7. The second-order valence-electron chi connectivity index (χ2n) is 4.96. The molecule has 0 amide bonds. The average molecular weight is 300 g/mol. The van der Waals surface area contributed by atoms with E-state index in [0.29, 0.717) is 12.2 Å². The van der Waals surface area contributed by atoms with E-state index >= 15 is 0 Å². The van der Waals surface area contributed by atoms with Crippen molar-refractivity contribution in [2.24, 2.45) is 0 Å². The smallest absolute Gasteiger partial charge is 0.264 e. The van der Waals surface area contributed by atoms with Gasteiger partial charge in [0.05, 0.1) is 13.4 Å². The SMILES string of the molecule is COc1ccc(OC2CCCCC2OS(C)(=O)=O)cc1. The highest BCUT2D eigenvalue weighted by Crippen LogP contribution is 2.27. The van der Waals surface area contributed by atoms with Crippen LogP contribution in [0, 0.1) is 0 Å². The van der Waals surface area contributed by atoms with Crippen molar-refractivity contribution in [3.05, 3.63) is 24.3 Å². The van der Waals surface area contributed by atoms with Crippen molar-refractivity contribution in [1.82, 2.24) is 0 Å². The van der Waals surface area contributed by atoms with Gasteiger partial charge in [0.25, 0.3) is 10.1 Å². The number of methoxy groups -OCH3 is 1. The van der Waals surface area contributed by atoms with Gasteiger partial charge in [-0.2, -0.15) is 8.42 Å². The topological polar surface area (TPSA) is 61.8 Å². The molecule has 0 spiro atoms. The molecule has 5 nitrogen and oxygen atoms in total. The van der Waals surface area contributed by atoms with E-state index in [1.54, 1.807) is 7.11 Å². The molecule has 0 radical (unpaired) electrons. The molecular formula is C14H20O5S. The van der Waals surface area contributed by atoms with E-state index in [9.17, 15) is 8.42 Å². The Labute approximate surface area is 120 Å². The molecule has 1 aromatic carbocycles. The zero-order chi connectivity index (χ0) is 14.6. The summed E-state index contributed by atoms with van der Waals surface area (Å²) < 4.78 is 38.7. The highest BCUT2D eigenvalue weighted by atomic mass is 32.2. The fourth-order valence-electron chi connectivity index (χ4n) is 2.36. The third-order valence-electron chi connectivity index (χ3n) is 3.29. The van der Waals surface area contributed by atoms with Crippen molar-refractivity contribution in [3.8, 4) is 11.5 Å². The van der Waals surface area contributed by atoms with Gasteiger partial charge in [-0.15, -0.1) is 0 Å². The fraction of sp³-hybridized carbons (Fsp3) is 0.571. The van der Waals surface area contributed by atoms with E-state index in [1.165, 1.54) is 0 Å². The number of hydrogen-bond donors (Lipinski definition) is 0. The molecule has 2 rings (SSSR count). The Morgan fingerprint density at radius 2 is 1.55 bits per heavy atom. The molecular weight excluding hydrogens is 280 g/mol. The normalized spacial score (nSPS) is 23.3. The molecule has 0 aromatic heterocycles. The van der Waals surface area contributed by atoms with Gasteiger partial charge in [0.2, 0.25) is 0 Å². The highest BCUT2D eigenvalue weighted by molar-refractivity contribution is 7.86. The van der Waals surface area contributed by atoms with Crippen molar-refractivity contribution in [2.75, 3.05) is 13.4 Å². The van der Waals surface area contributed by atoms with Gasteiger partial charge < -0.3 is 9.47 Å². The lowest BCUT2D eigenvalue weighted by molar-refractivity contribution is 0.0277. The van der Waals surface area contributed by atoms with Crippen LogP contribution < -0.4 is 9.47 Å². The van der Waals surface area contributed by atoms with Gasteiger partial charge in [0.15, 0.2) is 0 Å². The Balaban J connectivity index is 2.04. The molecule has 0 aliphatic heterocycles. The van der Waals surface area contributed by atoms with Gasteiger partial charge in [0, 0.05) is 0 Å². The van der Waals surface area contributed by atoms with Crippen molar-refractivity contribution < 1.29 is 22.1 Å². The molecule has 1 saturated carbocycles. The summed E-state index contributed by atoms with van der Waals surface area (Å²) in [6.45, 7) is 0. The zero-order valence-corrected chi connectivity index (χ0v) is 12.6. The predicted octanol–water partition coefficient (Wildman–Crippen LogP) is 2.36. The van der Waals surface area contributed by atoms with Gasteiger partial charge in [0.1, 0.15) is 23.7 Å². The van der Waals surface area contributed by atoms with E-state index in [4.69, 9.17) is 13.7 Å². The van der Waals surface area contributed by atoms with Crippen molar-refractivity contribution in [2.45, 2.75) is 37.9 Å². The summed E-state index contributed by atoms with van der Waals surface area (Å²) in [5.41, 5.74) is 0. The van der Waals surface area contributed by atoms with E-state index in [-0.39, 0.29) is 6.10 Å². The minimum absolute atomic E-state index is 0.230. The Kier molecular flexibility index (Phi) is 4.88. The molecule has 1 fully saturated rings. The lowest BCUT2D eigenvalue weighted by Gasteiger charge is -2.30. The molecule has 0 heterocycles. The van der Waals surface area contributed by atoms with E-state index < -0.39 is 16.2 Å². The molecule has 0 bridgehead atoms. The quantitative estimate of drug-likeness (QED) is 0.781. The summed E-state index contributed by atoms with van der Waals surface area (Å²) in [5, 5.41) is 0. The molecule has 20 heavy (non-hydrogen) atoms. The van der Waals surface area contributed by atoms with Crippen LogP contribution in [0.1, 0.15) is 25.7 Å². The molecule has 1 aliphatic carbocycles. The Morgan fingerprint density at radius 1 is 1.00 bits per heavy atom. The first-order valence-electron chi connectivity index (χ1n) is 6.67. The molecule has 112 valence electrons. The van der Waals surface area contributed by atoms with Gasteiger partial charge in [-0.05, 0) is 43.5 Å². The highest BCUT2D eigenvalue weighted by Gasteiger charge is 2.30. The van der Waals surface area contributed by atoms with Crippen LogP contribution in [0.25, 0.3) is 0 Å². The number of benzene rings is 1. The fourth-order valence-corrected chi connectivity index (χ4v) is 3.03. The van der Waals surface area contributed by atoms with E-state index in [2.05, 4.69) is 0 Å². The summed E-state index contributed by atoms with van der Waals surface area (Å²) in [4.78, 5) is 0. The summed E-state index contributed by atoms with van der Waals surface area (Å²) in [6, 6.07) is 7.24. The lowest BCUT2D eigenvalue weighted by atomic mass is 9.95. The predicted molar refractivity (Wildman–Crippen MR) is 75.6 cm³/mol. The molecule has 2 atom stereocenters. The van der Waals surface area contributed by atoms with Gasteiger partial charge in [-0.25, -0.2) is 0 Å². The van der Waals surface area contributed by atoms with Crippen LogP contribution in [-0.2, 0) is 14.3 Å². The number of ether oxygens (including phenoxy) is 2. The van der Waals surface area contributed by atoms with Crippen LogP contribution in [0.2, 0.25) is 0 Å². The van der Waals surface area contributed by atoms with Crippen LogP contribution in [0.3, 0.4) is 0 Å². The second-order valence-corrected chi connectivity index (χ2v) is 6.56. The van der Waals surface area contributed by atoms with E-state index in [1.807, 2.05) is 24.3 Å². The third-order valence-corrected chi connectivity index (χ3v) is 3.88. The van der Waals surface area contributed by atoms with Crippen LogP contribution >= 0.6 is 0 Å². The maximum Gasteiger partial charge on any atom is 0.264 e. The molecule has 2 unspecified atom stereocenters. The van der Waals surface area contributed by atoms with Gasteiger partial charge in [-0.1, -0.05) is 6.42 Å². The number of rotatable bonds is 5. The molecule has 0 saturated heterocycles. The average Bonchev–Trinajstić information content (AvgIpc) is 2.40. The molecule has 0 N–H and O–H groups in total. The lowest BCUT2D eigenvalue weighted by Crippen LogP contribution is -2.38. The first kappa shape index (κ1) is 15.1. The Hall–Kier alpha value is -1.27. The van der Waals surface area contributed by atoms with Crippen molar-refractivity contribution in [1.29, 1.82) is 0 Å². The van der Waals surface area contributed by atoms with Crippen LogP contribution in [-0.4, -0.2) is 34.0 Å². The van der Waals surface area contributed by atoms with Crippen molar-refractivity contribution in [3.63, 3.8) is 0 Å². The van der Waals surface area contributed by atoms with Gasteiger partial charge >= 0.3 is 0 Å². The largest absolute Gasteiger partial charge is 0.497 e. The first-order chi connectivity index (χ1) is 9.48. The summed E-state index contributed by atoms with van der Waals surface area (Å²) >= 11 is 0. The monoisotopic (exact) mass is 300 g/mol. The third kappa shape index (κ3) is 4.38. The molecule has 1 aromatic rings. The van der Waals surface area contributed by atoms with Gasteiger partial charge in [-0.3, -0.25) is 4.18 Å². The minimum Gasteiger partial charge on any atom is -0.497 e. The van der Waals surface area contributed by atoms with Crippen LogP contribution in [0.5, 0.6) is 11.5 Å². The molecule has 6 heteroatoms. The number of hydrogen-bond acceptors (Lipinski definition) is 5. The molecule has 1 aliphatic rings. The van der Waals surface area contributed by atoms with Crippen molar-refractivity contribution >= 4 is 10.1 Å². The van der Waals surface area contributed by atoms with E-state index in [0.717, 1.165) is 31.3 Å². The Morgan fingerprint density at radius 3 is 2.10 bits per heavy atom. The maximum absolute atomic E-state index is 11.3. The Bertz CT molecular complexity index is 523. The maximum atomic E-state index is 11.3. The van der Waals surface area contributed by atoms with Crippen LogP contribution in [0.15, 0.2) is 24.3 Å². The first-order valence-corrected chi connectivity index (χ1v) is 8.48. The standard InChI is InChI=1S/C14H20O5S/c1-17-11-7-9-12(10-8-11)18-13-5-3-4-6-14(13)19-20(2,15)16/h7-10,13-14H,3-6H2,1-2H3. The second kappa shape index (κ2) is 6.45. The summed E-state index contributed by atoms with van der Waals surface area (Å²) in [6.07, 6.45) is 3.92. The summed E-state index contributed by atoms with van der Waals surface area (Å²) in [7, 11) is -1.86. The minimum atomic E-state index is -3.46. The summed E-state index contributed by atoms with van der Waals surface area (Å²) in [5.74, 6) is 1.45. The van der Waals surface area contributed by atoms with Crippen LogP contribution in [0.4, 0.5) is 0 Å².